The number of ether oxygens (including phenoxy) is 2. The first-order valence-electron chi connectivity index (χ1n) is 22.8. The molecule has 1 N–H and O–H groups in total. The highest BCUT2D eigenvalue weighted by molar-refractivity contribution is 7.45. The SMILES string of the molecule is CC/C=C\C/C=C\CC(O)/C=C/C=C\C/C=C\C/C=C\CCC(=O)OC[C@H](COP(=O)([O-])OCC[N+](C)(C)C)OC(=O)CCCCCCCCCCCCCCCCC. The Morgan fingerprint density at radius 2 is 1.19 bits per heavy atom. The molecule has 3 atom stereocenters. The molecular formula is C48H84NO9P. The molecule has 0 fully saturated rings. The number of likely N-dealkylation sites (N-methyl/N-ethyl adjacent to an activating group) is 1. The molecule has 0 spiro atoms. The molecule has 0 aliphatic carbocycles. The van der Waals surface area contributed by atoms with E-state index in [2.05, 4.69) is 32.1 Å². The van der Waals surface area contributed by atoms with Crippen LogP contribution in [-0.2, 0) is 32.7 Å². The monoisotopic (exact) mass is 850 g/mol. The van der Waals surface area contributed by atoms with Crippen molar-refractivity contribution in [3.63, 3.8) is 0 Å². The van der Waals surface area contributed by atoms with E-state index < -0.39 is 38.6 Å². The van der Waals surface area contributed by atoms with Gasteiger partial charge < -0.3 is 33.0 Å². The van der Waals surface area contributed by atoms with Crippen molar-refractivity contribution < 1.29 is 47.2 Å². The standard InChI is InChI=1S/C48H84NO9P/c1-6-8-10-12-14-15-16-17-18-19-20-25-28-32-36-40-48(52)58-46(44-57-59(53,54)56-42-41-49(3,4)5)43-55-47(51)39-35-31-27-24-22-21-23-26-30-34-38-45(50)37-33-29-13-11-9-7-2/h9,11,21-22,26-27,29-31,33-34,38,45-46,50H,6-8,10,12-20,23-25,28,32,35-37,39-44H2,1-5H3/b11-9-,22-21-,30-26-,31-27-,33-29-,38-34+/t45?,46-/m1/s1. The van der Waals surface area contributed by atoms with Gasteiger partial charge in [-0.25, -0.2) is 0 Å². The van der Waals surface area contributed by atoms with E-state index in [1.165, 1.54) is 70.6 Å². The maximum absolute atomic E-state index is 12.7. The summed E-state index contributed by atoms with van der Waals surface area (Å²) in [6, 6.07) is 0. The molecule has 0 bridgehead atoms. The van der Waals surface area contributed by atoms with Crippen molar-refractivity contribution in [3.05, 3.63) is 72.9 Å². The highest BCUT2D eigenvalue weighted by atomic mass is 31.2. The number of phosphoric acid groups is 1. The molecule has 0 aliphatic rings. The number of rotatable bonds is 40. The van der Waals surface area contributed by atoms with Gasteiger partial charge in [0, 0.05) is 12.8 Å². The largest absolute Gasteiger partial charge is 0.756 e. The van der Waals surface area contributed by atoms with Crippen LogP contribution in [0, 0.1) is 0 Å². The van der Waals surface area contributed by atoms with Gasteiger partial charge in [0.15, 0.2) is 6.10 Å². The summed E-state index contributed by atoms with van der Waals surface area (Å²) in [4.78, 5) is 37.5. The topological polar surface area (TPSA) is 131 Å². The minimum Gasteiger partial charge on any atom is -0.756 e. The Hall–Kier alpha value is -2.59. The molecule has 0 radical (unpaired) electrons. The van der Waals surface area contributed by atoms with Crippen LogP contribution in [0.3, 0.4) is 0 Å². The van der Waals surface area contributed by atoms with E-state index >= 15 is 0 Å². The number of allylic oxidation sites excluding steroid dienone is 10. The number of aliphatic hydroxyl groups excluding tert-OH is 1. The highest BCUT2D eigenvalue weighted by Crippen LogP contribution is 2.38. The van der Waals surface area contributed by atoms with Gasteiger partial charge in [-0.1, -0.05) is 177 Å². The lowest BCUT2D eigenvalue weighted by Crippen LogP contribution is -2.37. The molecular weight excluding hydrogens is 765 g/mol. The molecule has 0 saturated heterocycles. The van der Waals surface area contributed by atoms with Gasteiger partial charge in [0.25, 0.3) is 7.82 Å². The molecule has 0 aromatic heterocycles. The van der Waals surface area contributed by atoms with Crippen LogP contribution in [0.4, 0.5) is 0 Å². The molecule has 59 heavy (non-hydrogen) atoms. The van der Waals surface area contributed by atoms with Crippen LogP contribution < -0.4 is 4.89 Å². The number of phosphoric ester groups is 1. The number of quaternary nitrogens is 1. The van der Waals surface area contributed by atoms with Crippen LogP contribution in [0.1, 0.15) is 162 Å². The molecule has 0 aromatic carbocycles. The maximum atomic E-state index is 12.7. The van der Waals surface area contributed by atoms with E-state index in [0.29, 0.717) is 30.3 Å². The Balaban J connectivity index is 4.52. The summed E-state index contributed by atoms with van der Waals surface area (Å²) in [5.74, 6) is -0.964. The fraction of sp³-hybridized carbons (Fsp3) is 0.708. The zero-order chi connectivity index (χ0) is 43.7. The predicted octanol–water partition coefficient (Wildman–Crippen LogP) is 11.4. The second kappa shape index (κ2) is 39.5. The molecule has 0 aliphatic heterocycles. The van der Waals surface area contributed by atoms with Gasteiger partial charge in [0.1, 0.15) is 19.8 Å². The Kier molecular flexibility index (Phi) is 37.8. The zero-order valence-corrected chi connectivity index (χ0v) is 38.7. The molecule has 0 amide bonds. The van der Waals surface area contributed by atoms with E-state index in [4.69, 9.17) is 18.5 Å². The third-order valence-corrected chi connectivity index (χ3v) is 10.3. The van der Waals surface area contributed by atoms with Crippen molar-refractivity contribution in [2.75, 3.05) is 47.5 Å². The van der Waals surface area contributed by atoms with Crippen LogP contribution in [0.5, 0.6) is 0 Å². The fourth-order valence-corrected chi connectivity index (χ4v) is 6.49. The number of unbranched alkanes of at least 4 members (excludes halogenated alkanes) is 14. The lowest BCUT2D eigenvalue weighted by atomic mass is 10.0. The molecule has 10 nitrogen and oxygen atoms in total. The summed E-state index contributed by atoms with van der Waals surface area (Å²) < 4.78 is 33.8. The van der Waals surface area contributed by atoms with Crippen LogP contribution in [0.2, 0.25) is 0 Å². The van der Waals surface area contributed by atoms with Crippen LogP contribution >= 0.6 is 7.82 Å². The number of esters is 2. The third-order valence-electron chi connectivity index (χ3n) is 9.33. The van der Waals surface area contributed by atoms with E-state index in [9.17, 15) is 24.2 Å². The predicted molar refractivity (Wildman–Crippen MR) is 242 cm³/mol. The summed E-state index contributed by atoms with van der Waals surface area (Å²) in [5, 5.41) is 10.0. The van der Waals surface area contributed by atoms with Crippen molar-refractivity contribution in [1.82, 2.24) is 0 Å². The second-order valence-corrected chi connectivity index (χ2v) is 17.7. The van der Waals surface area contributed by atoms with Crippen molar-refractivity contribution in [2.24, 2.45) is 0 Å². The number of hydrogen-bond donors (Lipinski definition) is 1. The Labute approximate surface area is 360 Å². The van der Waals surface area contributed by atoms with Crippen molar-refractivity contribution in [2.45, 2.75) is 174 Å². The van der Waals surface area contributed by atoms with E-state index in [1.54, 1.807) is 6.08 Å². The first kappa shape index (κ1) is 56.4. The average Bonchev–Trinajstić information content (AvgIpc) is 3.18. The average molecular weight is 850 g/mol. The summed E-state index contributed by atoms with van der Waals surface area (Å²) in [6.45, 7) is 3.94. The molecule has 11 heteroatoms. The van der Waals surface area contributed by atoms with Gasteiger partial charge >= 0.3 is 11.9 Å². The Bertz CT molecular complexity index is 1250. The van der Waals surface area contributed by atoms with E-state index in [0.717, 1.165) is 44.9 Å². The number of nitrogens with zero attached hydrogens (tertiary/aromatic N) is 1. The highest BCUT2D eigenvalue weighted by Gasteiger charge is 2.21. The smallest absolute Gasteiger partial charge is 0.306 e. The second-order valence-electron chi connectivity index (χ2n) is 16.2. The van der Waals surface area contributed by atoms with E-state index in [-0.39, 0.29) is 26.1 Å². The van der Waals surface area contributed by atoms with Gasteiger partial charge in [0.05, 0.1) is 33.9 Å². The number of hydrogen-bond acceptors (Lipinski definition) is 9. The fourth-order valence-electron chi connectivity index (χ4n) is 5.76. The minimum atomic E-state index is -4.65. The molecule has 340 valence electrons. The Morgan fingerprint density at radius 3 is 1.78 bits per heavy atom. The minimum absolute atomic E-state index is 0.0525. The molecule has 0 rings (SSSR count). The first-order valence-corrected chi connectivity index (χ1v) is 24.2. The van der Waals surface area contributed by atoms with Crippen LogP contribution in [0.25, 0.3) is 0 Å². The summed E-state index contributed by atoms with van der Waals surface area (Å²) in [7, 11) is 1.09. The summed E-state index contributed by atoms with van der Waals surface area (Å²) >= 11 is 0. The van der Waals surface area contributed by atoms with E-state index in [1.807, 2.05) is 69.8 Å². The lowest BCUT2D eigenvalue weighted by molar-refractivity contribution is -0.870. The van der Waals surface area contributed by atoms with Gasteiger partial charge in [0.2, 0.25) is 0 Å². The summed E-state index contributed by atoms with van der Waals surface area (Å²) in [6.07, 6.45) is 45.4. The lowest BCUT2D eigenvalue weighted by Gasteiger charge is -2.28. The quantitative estimate of drug-likeness (QED) is 0.0160. The van der Waals surface area contributed by atoms with Crippen molar-refractivity contribution in [3.8, 4) is 0 Å². The van der Waals surface area contributed by atoms with Gasteiger partial charge in [-0.15, -0.1) is 0 Å². The number of aliphatic hydroxyl groups is 1. The van der Waals surface area contributed by atoms with Crippen LogP contribution in [-0.4, -0.2) is 81.2 Å². The third kappa shape index (κ3) is 43.3. The first-order chi connectivity index (χ1) is 28.4. The molecule has 0 aromatic rings. The molecule has 2 unspecified atom stereocenters. The van der Waals surface area contributed by atoms with Crippen molar-refractivity contribution in [1.29, 1.82) is 0 Å². The number of carbonyl (C=O) groups is 2. The molecule has 0 heterocycles. The number of carbonyl (C=O) groups excluding carboxylic acids is 2. The zero-order valence-electron chi connectivity index (χ0n) is 37.8. The Morgan fingerprint density at radius 1 is 0.644 bits per heavy atom. The normalized spacial score (nSPS) is 14.8. The van der Waals surface area contributed by atoms with Gasteiger partial charge in [-0.05, 0) is 44.9 Å². The molecule has 0 saturated carbocycles. The summed E-state index contributed by atoms with van der Waals surface area (Å²) in [5.41, 5.74) is 0. The van der Waals surface area contributed by atoms with Crippen molar-refractivity contribution >= 4 is 19.8 Å². The van der Waals surface area contributed by atoms with Crippen LogP contribution in [0.15, 0.2) is 72.9 Å². The van der Waals surface area contributed by atoms with Gasteiger partial charge in [-0.3, -0.25) is 14.2 Å². The maximum Gasteiger partial charge on any atom is 0.306 e. The van der Waals surface area contributed by atoms with Gasteiger partial charge in [-0.2, -0.15) is 0 Å².